The predicted molar refractivity (Wildman–Crippen MR) is 50.0 cm³/mol. The lowest BCUT2D eigenvalue weighted by Gasteiger charge is -2.15. The van der Waals surface area contributed by atoms with Crippen LogP contribution in [-0.4, -0.2) is 5.38 Å². The Bertz CT molecular complexity index is 336. The molecule has 0 aliphatic heterocycles. The molecule has 0 spiro atoms. The maximum absolute atomic E-state index is 13.2. The summed E-state index contributed by atoms with van der Waals surface area (Å²) in [6.45, 7) is 3.33. The van der Waals surface area contributed by atoms with Crippen LogP contribution < -0.4 is 0 Å². The molecule has 0 aliphatic carbocycles. The Balaban J connectivity index is 3.15. The first-order chi connectivity index (χ1) is 6.43. The molecule has 0 radical (unpaired) electrons. The molecule has 2 atom stereocenters. The van der Waals surface area contributed by atoms with Gasteiger partial charge in [0.15, 0.2) is 11.6 Å². The fourth-order valence-electron chi connectivity index (χ4n) is 1.13. The zero-order valence-corrected chi connectivity index (χ0v) is 8.58. The third-order valence-electron chi connectivity index (χ3n) is 2.22. The van der Waals surface area contributed by atoms with E-state index in [9.17, 15) is 13.2 Å². The second-order valence-corrected chi connectivity index (χ2v) is 3.94. The Morgan fingerprint density at radius 3 is 2.00 bits per heavy atom. The van der Waals surface area contributed by atoms with Crippen LogP contribution in [0.4, 0.5) is 13.2 Å². The van der Waals surface area contributed by atoms with E-state index in [-0.39, 0.29) is 16.9 Å². The smallest absolute Gasteiger partial charge is 0.161 e. The second-order valence-electron chi connectivity index (χ2n) is 3.25. The van der Waals surface area contributed by atoms with Gasteiger partial charge < -0.3 is 0 Å². The quantitative estimate of drug-likeness (QED) is 0.527. The Labute approximate surface area is 85.7 Å². The van der Waals surface area contributed by atoms with Crippen LogP contribution in [-0.2, 0) is 0 Å². The second kappa shape index (κ2) is 4.22. The maximum atomic E-state index is 13.2. The Kier molecular flexibility index (Phi) is 3.43. The molecule has 0 aliphatic rings. The highest BCUT2D eigenvalue weighted by Gasteiger charge is 2.18. The molecule has 0 N–H and O–H groups in total. The molecule has 0 bridgehead atoms. The molecule has 0 saturated heterocycles. The van der Waals surface area contributed by atoms with Gasteiger partial charge in [-0.1, -0.05) is 6.92 Å². The monoisotopic (exact) mass is 222 g/mol. The van der Waals surface area contributed by atoms with E-state index in [0.717, 1.165) is 6.07 Å². The molecule has 0 heterocycles. The number of rotatable bonds is 2. The van der Waals surface area contributed by atoms with Crippen LogP contribution >= 0.6 is 11.6 Å². The van der Waals surface area contributed by atoms with Crippen molar-refractivity contribution in [1.82, 2.24) is 0 Å². The van der Waals surface area contributed by atoms with Crippen molar-refractivity contribution >= 4 is 11.6 Å². The normalized spacial score (nSPS) is 15.3. The van der Waals surface area contributed by atoms with Crippen LogP contribution in [0.15, 0.2) is 12.1 Å². The van der Waals surface area contributed by atoms with Crippen molar-refractivity contribution in [3.8, 4) is 0 Å². The van der Waals surface area contributed by atoms with Crippen molar-refractivity contribution in [1.29, 1.82) is 0 Å². The summed E-state index contributed by atoms with van der Waals surface area (Å²) < 4.78 is 38.6. The first kappa shape index (κ1) is 11.4. The van der Waals surface area contributed by atoms with Gasteiger partial charge in [0.1, 0.15) is 5.82 Å². The summed E-state index contributed by atoms with van der Waals surface area (Å²) in [7, 11) is 0. The highest BCUT2D eigenvalue weighted by Crippen LogP contribution is 2.26. The third kappa shape index (κ3) is 2.21. The van der Waals surface area contributed by atoms with E-state index in [1.54, 1.807) is 13.8 Å². The summed E-state index contributed by atoms with van der Waals surface area (Å²) >= 11 is 5.74. The van der Waals surface area contributed by atoms with Gasteiger partial charge in [0.25, 0.3) is 0 Å². The third-order valence-corrected chi connectivity index (χ3v) is 2.60. The Morgan fingerprint density at radius 1 is 1.00 bits per heavy atom. The predicted octanol–water partition coefficient (Wildman–Crippen LogP) is 3.83. The van der Waals surface area contributed by atoms with E-state index in [4.69, 9.17) is 11.6 Å². The first-order valence-corrected chi connectivity index (χ1v) is 4.65. The fraction of sp³-hybridized carbons (Fsp3) is 0.400. The van der Waals surface area contributed by atoms with Gasteiger partial charge in [-0.3, -0.25) is 0 Å². The molecule has 2 unspecified atom stereocenters. The molecule has 14 heavy (non-hydrogen) atoms. The highest BCUT2D eigenvalue weighted by molar-refractivity contribution is 6.20. The molecule has 0 amide bonds. The zero-order valence-electron chi connectivity index (χ0n) is 7.82. The molecule has 4 heteroatoms. The van der Waals surface area contributed by atoms with E-state index in [2.05, 4.69) is 0 Å². The van der Waals surface area contributed by atoms with Crippen molar-refractivity contribution in [3.63, 3.8) is 0 Å². The van der Waals surface area contributed by atoms with E-state index < -0.39 is 17.5 Å². The molecule has 1 rings (SSSR count). The van der Waals surface area contributed by atoms with Crippen LogP contribution in [0.5, 0.6) is 0 Å². The molecule has 78 valence electrons. The average molecular weight is 223 g/mol. The van der Waals surface area contributed by atoms with Gasteiger partial charge >= 0.3 is 0 Å². The molecule has 0 aromatic heterocycles. The van der Waals surface area contributed by atoms with Crippen molar-refractivity contribution in [3.05, 3.63) is 35.1 Å². The number of alkyl halides is 1. The molecule has 0 fully saturated rings. The lowest BCUT2D eigenvalue weighted by atomic mass is 9.97. The minimum absolute atomic E-state index is 0.103. The molecule has 1 aromatic rings. The molecular formula is C10H10ClF3. The number of benzene rings is 1. The van der Waals surface area contributed by atoms with Crippen molar-refractivity contribution in [2.45, 2.75) is 25.1 Å². The number of hydrogen-bond acceptors (Lipinski definition) is 0. The standard InChI is InChI=1S/C10H10ClF3/c1-5(6(2)11)7-3-9(13)10(14)4-8(7)12/h3-6H,1-2H3. The largest absolute Gasteiger partial charge is 0.207 e. The van der Waals surface area contributed by atoms with E-state index in [1.165, 1.54) is 0 Å². The topological polar surface area (TPSA) is 0 Å². The minimum Gasteiger partial charge on any atom is -0.207 e. The van der Waals surface area contributed by atoms with Crippen LogP contribution in [0, 0.1) is 17.5 Å². The van der Waals surface area contributed by atoms with Crippen LogP contribution in [0.2, 0.25) is 0 Å². The zero-order chi connectivity index (χ0) is 10.9. The van der Waals surface area contributed by atoms with Crippen LogP contribution in [0.1, 0.15) is 25.3 Å². The summed E-state index contributed by atoms with van der Waals surface area (Å²) in [5, 5.41) is -0.339. The highest BCUT2D eigenvalue weighted by atomic mass is 35.5. The molecule has 1 aromatic carbocycles. The summed E-state index contributed by atoms with van der Waals surface area (Å²) in [5.41, 5.74) is 0.103. The van der Waals surface area contributed by atoms with Crippen molar-refractivity contribution in [2.24, 2.45) is 0 Å². The lowest BCUT2D eigenvalue weighted by Crippen LogP contribution is -2.08. The SMILES string of the molecule is CC(Cl)C(C)c1cc(F)c(F)cc1F. The van der Waals surface area contributed by atoms with Crippen LogP contribution in [0.3, 0.4) is 0 Å². The Morgan fingerprint density at radius 2 is 1.50 bits per heavy atom. The van der Waals surface area contributed by atoms with E-state index >= 15 is 0 Å². The minimum atomic E-state index is -1.18. The molecular weight excluding hydrogens is 213 g/mol. The lowest BCUT2D eigenvalue weighted by molar-refractivity contribution is 0.485. The number of halogens is 4. The van der Waals surface area contributed by atoms with Crippen LogP contribution in [0.25, 0.3) is 0 Å². The summed E-state index contributed by atoms with van der Waals surface area (Å²) in [6, 6.07) is 1.40. The molecule has 0 saturated carbocycles. The van der Waals surface area contributed by atoms with E-state index in [1.807, 2.05) is 0 Å². The van der Waals surface area contributed by atoms with Gasteiger partial charge in [0.05, 0.1) is 0 Å². The summed E-state index contributed by atoms with van der Waals surface area (Å²) in [6.07, 6.45) is 0. The van der Waals surface area contributed by atoms with Gasteiger partial charge in [-0.05, 0) is 18.6 Å². The van der Waals surface area contributed by atoms with Gasteiger partial charge in [-0.2, -0.15) is 0 Å². The summed E-state index contributed by atoms with van der Waals surface area (Å²) in [5.74, 6) is -3.35. The van der Waals surface area contributed by atoms with Crippen molar-refractivity contribution in [2.75, 3.05) is 0 Å². The Hall–Kier alpha value is -0.700. The van der Waals surface area contributed by atoms with Gasteiger partial charge in [-0.25, -0.2) is 13.2 Å². The summed E-state index contributed by atoms with van der Waals surface area (Å²) in [4.78, 5) is 0. The van der Waals surface area contributed by atoms with Gasteiger partial charge in [0, 0.05) is 17.4 Å². The molecule has 0 nitrogen and oxygen atoms in total. The van der Waals surface area contributed by atoms with E-state index in [0.29, 0.717) is 6.07 Å². The van der Waals surface area contributed by atoms with Crippen molar-refractivity contribution < 1.29 is 13.2 Å². The van der Waals surface area contributed by atoms with Gasteiger partial charge in [-0.15, -0.1) is 11.6 Å². The average Bonchev–Trinajstić information content (AvgIpc) is 2.10. The maximum Gasteiger partial charge on any atom is 0.161 e. The fourth-order valence-corrected chi connectivity index (χ4v) is 1.27. The number of hydrogen-bond donors (Lipinski definition) is 0. The first-order valence-electron chi connectivity index (χ1n) is 4.22. The van der Waals surface area contributed by atoms with Gasteiger partial charge in [0.2, 0.25) is 0 Å².